The van der Waals surface area contributed by atoms with Crippen LogP contribution in [0.15, 0.2) is 0 Å². The van der Waals surface area contributed by atoms with Crippen LogP contribution in [0.3, 0.4) is 0 Å². The van der Waals surface area contributed by atoms with E-state index in [2.05, 4.69) is 10.2 Å². The van der Waals surface area contributed by atoms with Crippen LogP contribution in [0.5, 0.6) is 0 Å². The number of halogens is 3. The fourth-order valence-electron chi connectivity index (χ4n) is 3.66. The molecule has 1 unspecified atom stereocenters. The maximum atomic E-state index is 13.0. The number of hydrogen-bond acceptors (Lipinski definition) is 2. The summed E-state index contributed by atoms with van der Waals surface area (Å²) in [5.41, 5.74) is -0.663. The van der Waals surface area contributed by atoms with Crippen LogP contribution in [0.2, 0.25) is 0 Å². The Morgan fingerprint density at radius 3 is 2.32 bits per heavy atom. The fraction of sp³-hybridized carbons (Fsp3) is 1.00. The summed E-state index contributed by atoms with van der Waals surface area (Å²) in [6, 6.07) is 0. The van der Waals surface area contributed by atoms with E-state index in [1.54, 1.807) is 13.8 Å². The number of nitrogens with zero attached hydrogens (tertiary/aromatic N) is 1. The minimum Gasteiger partial charge on any atom is -0.317 e. The van der Waals surface area contributed by atoms with E-state index < -0.39 is 17.5 Å². The van der Waals surface area contributed by atoms with Gasteiger partial charge < -0.3 is 10.2 Å². The highest BCUT2D eigenvalue weighted by atomic mass is 19.4. The second kappa shape index (κ2) is 5.60. The molecular formula is C14H25F3N2. The van der Waals surface area contributed by atoms with E-state index in [-0.39, 0.29) is 6.42 Å². The molecule has 0 aromatic heterocycles. The maximum Gasteiger partial charge on any atom is 0.392 e. The first-order chi connectivity index (χ1) is 8.79. The van der Waals surface area contributed by atoms with E-state index in [0.29, 0.717) is 19.0 Å². The number of hydrogen-bond donors (Lipinski definition) is 1. The summed E-state index contributed by atoms with van der Waals surface area (Å²) in [5.74, 6) is -0.497. The second-order valence-corrected chi connectivity index (χ2v) is 6.80. The smallest absolute Gasteiger partial charge is 0.317 e. The van der Waals surface area contributed by atoms with Gasteiger partial charge in [-0.3, -0.25) is 0 Å². The largest absolute Gasteiger partial charge is 0.392 e. The van der Waals surface area contributed by atoms with Gasteiger partial charge in [0.25, 0.3) is 0 Å². The summed E-state index contributed by atoms with van der Waals surface area (Å²) >= 11 is 0. The van der Waals surface area contributed by atoms with E-state index in [4.69, 9.17) is 0 Å². The zero-order valence-electron chi connectivity index (χ0n) is 11.9. The van der Waals surface area contributed by atoms with Gasteiger partial charge in [-0.1, -0.05) is 13.8 Å². The van der Waals surface area contributed by atoms with Gasteiger partial charge in [0.1, 0.15) is 0 Å². The number of likely N-dealkylation sites (tertiary alicyclic amines) is 1. The molecule has 5 heteroatoms. The molecule has 0 radical (unpaired) electrons. The lowest BCUT2D eigenvalue weighted by atomic mass is 9.73. The molecule has 112 valence electrons. The Morgan fingerprint density at radius 1 is 1.16 bits per heavy atom. The first kappa shape index (κ1) is 15.1. The molecule has 1 N–H and O–H groups in total. The molecule has 0 aliphatic carbocycles. The van der Waals surface area contributed by atoms with Gasteiger partial charge in [0.15, 0.2) is 0 Å². The Balaban J connectivity index is 1.90. The zero-order valence-corrected chi connectivity index (χ0v) is 11.9. The number of rotatable bonds is 2. The number of piperidine rings is 2. The molecule has 2 aliphatic heterocycles. The third-order valence-corrected chi connectivity index (χ3v) is 4.68. The molecule has 2 fully saturated rings. The predicted molar refractivity (Wildman–Crippen MR) is 70.0 cm³/mol. The Kier molecular flexibility index (Phi) is 4.45. The van der Waals surface area contributed by atoms with Crippen LogP contribution in [0.1, 0.15) is 33.1 Å². The van der Waals surface area contributed by atoms with Gasteiger partial charge in [-0.25, -0.2) is 0 Å². The van der Waals surface area contributed by atoms with E-state index in [0.717, 1.165) is 32.5 Å². The lowest BCUT2D eigenvalue weighted by Gasteiger charge is -2.46. The van der Waals surface area contributed by atoms with Crippen molar-refractivity contribution in [3.63, 3.8) is 0 Å². The predicted octanol–water partition coefficient (Wildman–Crippen LogP) is 2.90. The summed E-state index contributed by atoms with van der Waals surface area (Å²) in [6.45, 7) is 7.76. The average Bonchev–Trinajstić information content (AvgIpc) is 2.27. The molecule has 0 aromatic rings. The molecule has 0 aromatic carbocycles. The lowest BCUT2D eigenvalue weighted by molar-refractivity contribution is -0.217. The Hall–Kier alpha value is -0.290. The molecule has 2 saturated heterocycles. The summed E-state index contributed by atoms with van der Waals surface area (Å²) < 4.78 is 39.0. The van der Waals surface area contributed by atoms with E-state index in [9.17, 15) is 13.2 Å². The molecule has 0 saturated carbocycles. The Bertz CT molecular complexity index is 296. The first-order valence-corrected chi connectivity index (χ1v) is 7.29. The van der Waals surface area contributed by atoms with Crippen molar-refractivity contribution in [3.8, 4) is 0 Å². The van der Waals surface area contributed by atoms with Crippen LogP contribution in [0, 0.1) is 17.3 Å². The molecule has 2 heterocycles. The molecule has 1 atom stereocenters. The van der Waals surface area contributed by atoms with Crippen LogP contribution in [-0.4, -0.2) is 43.8 Å². The molecule has 19 heavy (non-hydrogen) atoms. The Morgan fingerprint density at radius 2 is 1.79 bits per heavy atom. The average molecular weight is 278 g/mol. The minimum absolute atomic E-state index is 0.251. The minimum atomic E-state index is -4.05. The highest BCUT2D eigenvalue weighted by Gasteiger charge is 2.51. The molecule has 2 rings (SSSR count). The van der Waals surface area contributed by atoms with Crippen molar-refractivity contribution in [1.29, 1.82) is 0 Å². The second-order valence-electron chi connectivity index (χ2n) is 6.80. The van der Waals surface area contributed by atoms with Gasteiger partial charge >= 0.3 is 6.18 Å². The highest BCUT2D eigenvalue weighted by Crippen LogP contribution is 2.45. The van der Waals surface area contributed by atoms with Gasteiger partial charge in [-0.15, -0.1) is 0 Å². The van der Waals surface area contributed by atoms with Crippen molar-refractivity contribution in [2.75, 3.05) is 32.7 Å². The quantitative estimate of drug-likeness (QED) is 0.835. The van der Waals surface area contributed by atoms with Crippen molar-refractivity contribution in [3.05, 3.63) is 0 Å². The van der Waals surface area contributed by atoms with Gasteiger partial charge in [0.2, 0.25) is 0 Å². The molecule has 0 bridgehead atoms. The van der Waals surface area contributed by atoms with E-state index in [1.165, 1.54) is 0 Å². The number of alkyl halides is 3. The summed E-state index contributed by atoms with van der Waals surface area (Å²) in [6.07, 6.45) is -1.49. The van der Waals surface area contributed by atoms with Crippen LogP contribution in [-0.2, 0) is 0 Å². The fourth-order valence-corrected chi connectivity index (χ4v) is 3.66. The molecule has 2 aliphatic rings. The van der Waals surface area contributed by atoms with Gasteiger partial charge in [0.05, 0.1) is 5.92 Å². The van der Waals surface area contributed by atoms with Crippen molar-refractivity contribution in [1.82, 2.24) is 10.2 Å². The maximum absolute atomic E-state index is 13.0. The monoisotopic (exact) mass is 278 g/mol. The first-order valence-electron chi connectivity index (χ1n) is 7.29. The van der Waals surface area contributed by atoms with Crippen LogP contribution in [0.25, 0.3) is 0 Å². The van der Waals surface area contributed by atoms with Crippen LogP contribution in [0.4, 0.5) is 13.2 Å². The third kappa shape index (κ3) is 3.85. The van der Waals surface area contributed by atoms with Gasteiger partial charge in [0, 0.05) is 13.1 Å². The number of nitrogens with one attached hydrogen (secondary N) is 1. The van der Waals surface area contributed by atoms with E-state index in [1.807, 2.05) is 0 Å². The van der Waals surface area contributed by atoms with Crippen molar-refractivity contribution in [2.45, 2.75) is 39.3 Å². The molecule has 2 nitrogen and oxygen atoms in total. The summed E-state index contributed by atoms with van der Waals surface area (Å²) in [4.78, 5) is 2.25. The van der Waals surface area contributed by atoms with Gasteiger partial charge in [-0.05, 0) is 50.2 Å². The summed E-state index contributed by atoms with van der Waals surface area (Å²) in [5, 5.41) is 3.33. The van der Waals surface area contributed by atoms with Gasteiger partial charge in [-0.2, -0.15) is 13.2 Å². The third-order valence-electron chi connectivity index (χ3n) is 4.68. The van der Waals surface area contributed by atoms with Crippen molar-refractivity contribution in [2.24, 2.45) is 17.3 Å². The molecule has 0 spiro atoms. The Labute approximate surface area is 113 Å². The molecule has 0 amide bonds. The molecular weight excluding hydrogens is 253 g/mol. The van der Waals surface area contributed by atoms with Crippen molar-refractivity contribution >= 4 is 0 Å². The topological polar surface area (TPSA) is 15.3 Å². The standard InChI is InChI=1S/C14H25F3N2/c1-13(2)10-19(8-5-12(13)14(15,16)17)9-11-3-6-18-7-4-11/h11-12,18H,3-10H2,1-2H3. The summed E-state index contributed by atoms with van der Waals surface area (Å²) in [7, 11) is 0. The van der Waals surface area contributed by atoms with E-state index >= 15 is 0 Å². The zero-order chi connectivity index (χ0) is 14.1. The highest BCUT2D eigenvalue weighted by molar-refractivity contribution is 4.91. The van der Waals surface area contributed by atoms with Crippen LogP contribution < -0.4 is 5.32 Å². The van der Waals surface area contributed by atoms with Crippen molar-refractivity contribution < 1.29 is 13.2 Å². The van der Waals surface area contributed by atoms with Crippen LogP contribution >= 0.6 is 0 Å². The normalized spacial score (nSPS) is 30.5. The SMILES string of the molecule is CC1(C)CN(CC2CCNCC2)CCC1C(F)(F)F. The lowest BCUT2D eigenvalue weighted by Crippen LogP contribution is -2.52.